The van der Waals surface area contributed by atoms with Crippen molar-refractivity contribution >= 4 is 23.2 Å². The highest BCUT2D eigenvalue weighted by Crippen LogP contribution is 2.34. The molecule has 4 rings (SSSR count). The van der Waals surface area contributed by atoms with E-state index in [-0.39, 0.29) is 11.2 Å². The second-order valence-electron chi connectivity index (χ2n) is 6.79. The van der Waals surface area contributed by atoms with Gasteiger partial charge in [0.1, 0.15) is 6.33 Å². The Labute approximate surface area is 143 Å². The molecule has 0 spiro atoms. The summed E-state index contributed by atoms with van der Waals surface area (Å²) in [6.07, 6.45) is 4.60. The molecule has 0 bridgehead atoms. The largest absolute Gasteiger partial charge is 0.294 e. The van der Waals surface area contributed by atoms with Crippen molar-refractivity contribution in [3.63, 3.8) is 0 Å². The van der Waals surface area contributed by atoms with Gasteiger partial charge in [0.25, 0.3) is 0 Å². The van der Waals surface area contributed by atoms with Gasteiger partial charge in [-0.1, -0.05) is 31.7 Å². The Hall–Kier alpha value is -2.28. The van der Waals surface area contributed by atoms with E-state index in [9.17, 15) is 4.79 Å². The van der Waals surface area contributed by atoms with E-state index in [1.807, 2.05) is 22.7 Å². The average Bonchev–Trinajstić information content (AvgIpc) is 3.00. The van der Waals surface area contributed by atoms with Crippen molar-refractivity contribution in [2.45, 2.75) is 37.6 Å². The van der Waals surface area contributed by atoms with Crippen molar-refractivity contribution in [1.82, 2.24) is 24.6 Å². The lowest BCUT2D eigenvalue weighted by atomic mass is 9.76. The fourth-order valence-corrected chi connectivity index (χ4v) is 3.83. The zero-order valence-corrected chi connectivity index (χ0v) is 14.4. The maximum absolute atomic E-state index is 12.2. The van der Waals surface area contributed by atoms with Gasteiger partial charge >= 0.3 is 0 Å². The van der Waals surface area contributed by atoms with Crippen molar-refractivity contribution in [2.75, 3.05) is 0 Å². The first-order valence-electron chi connectivity index (χ1n) is 7.81. The third kappa shape index (κ3) is 2.80. The van der Waals surface area contributed by atoms with Crippen molar-refractivity contribution in [3.8, 4) is 0 Å². The maximum Gasteiger partial charge on any atom is 0.188 e. The Morgan fingerprint density at radius 3 is 3.00 bits per heavy atom. The van der Waals surface area contributed by atoms with E-state index in [1.165, 1.54) is 0 Å². The van der Waals surface area contributed by atoms with Gasteiger partial charge in [0.05, 0.1) is 17.0 Å². The summed E-state index contributed by atoms with van der Waals surface area (Å²) in [6, 6.07) is 5.90. The quantitative estimate of drug-likeness (QED) is 0.539. The molecular weight excluding hydrogens is 322 g/mol. The minimum Gasteiger partial charge on any atom is -0.294 e. The highest BCUT2D eigenvalue weighted by atomic mass is 32.2. The van der Waals surface area contributed by atoms with Crippen LogP contribution < -0.4 is 0 Å². The average molecular weight is 339 g/mol. The van der Waals surface area contributed by atoms with Crippen LogP contribution in [-0.4, -0.2) is 30.3 Å². The molecule has 0 aliphatic heterocycles. The smallest absolute Gasteiger partial charge is 0.188 e. The Balaban J connectivity index is 1.58. The van der Waals surface area contributed by atoms with E-state index in [4.69, 9.17) is 0 Å². The molecule has 24 heavy (non-hydrogen) atoms. The van der Waals surface area contributed by atoms with Crippen LogP contribution in [0.4, 0.5) is 0 Å². The molecule has 6 nitrogen and oxygen atoms in total. The van der Waals surface area contributed by atoms with Gasteiger partial charge in [-0.3, -0.25) is 4.79 Å². The van der Waals surface area contributed by atoms with E-state index in [1.54, 1.807) is 24.3 Å². The van der Waals surface area contributed by atoms with Gasteiger partial charge in [-0.15, -0.1) is 0 Å². The summed E-state index contributed by atoms with van der Waals surface area (Å²) in [6.45, 7) is 4.21. The first kappa shape index (κ1) is 15.3. The Kier molecular flexibility index (Phi) is 3.60. The van der Waals surface area contributed by atoms with Crippen molar-refractivity contribution in [2.24, 2.45) is 5.41 Å². The summed E-state index contributed by atoms with van der Waals surface area (Å²) in [5.41, 5.74) is 3.37. The van der Waals surface area contributed by atoms with E-state index in [0.717, 1.165) is 23.5 Å². The molecule has 0 radical (unpaired) electrons. The van der Waals surface area contributed by atoms with Crippen molar-refractivity contribution < 1.29 is 4.79 Å². The topological polar surface area (TPSA) is 73.0 Å². The molecule has 0 amide bonds. The lowest BCUT2D eigenvalue weighted by molar-refractivity contribution is 0.0909. The zero-order valence-electron chi connectivity index (χ0n) is 13.6. The maximum atomic E-state index is 12.2. The Morgan fingerprint density at radius 1 is 1.25 bits per heavy atom. The zero-order chi connectivity index (χ0) is 16.7. The second kappa shape index (κ2) is 5.66. The van der Waals surface area contributed by atoms with Crippen LogP contribution in [0.2, 0.25) is 0 Å². The second-order valence-corrected chi connectivity index (χ2v) is 7.73. The number of carbonyl (C=O) groups excluding carboxylic acids is 1. The highest BCUT2D eigenvalue weighted by Gasteiger charge is 2.32. The van der Waals surface area contributed by atoms with Crippen LogP contribution in [0.15, 0.2) is 35.9 Å². The first-order valence-corrected chi connectivity index (χ1v) is 8.80. The standard InChI is InChI=1S/C17H17N5OS/c1-17(2)6-13-12(14(23)7-17)8-18-16(21-13)24-9-11-4-3-5-15-19-10-20-22(11)15/h3-5,8,10H,6-7,9H2,1-2H3. The summed E-state index contributed by atoms with van der Waals surface area (Å²) in [7, 11) is 0. The molecule has 3 aromatic heterocycles. The van der Waals surface area contributed by atoms with E-state index >= 15 is 0 Å². The number of aromatic nitrogens is 5. The molecule has 3 heterocycles. The van der Waals surface area contributed by atoms with Gasteiger partial charge < -0.3 is 0 Å². The summed E-state index contributed by atoms with van der Waals surface area (Å²) in [5.74, 6) is 0.835. The van der Waals surface area contributed by atoms with E-state index < -0.39 is 0 Å². The number of carbonyl (C=O) groups is 1. The molecular formula is C17H17N5OS. The minimum absolute atomic E-state index is 0.0350. The highest BCUT2D eigenvalue weighted by molar-refractivity contribution is 7.98. The van der Waals surface area contributed by atoms with Crippen LogP contribution >= 0.6 is 11.8 Å². The van der Waals surface area contributed by atoms with Crippen molar-refractivity contribution in [1.29, 1.82) is 0 Å². The predicted octanol–water partition coefficient (Wildman–Crippen LogP) is 2.97. The van der Waals surface area contributed by atoms with Gasteiger partial charge in [0, 0.05) is 18.4 Å². The van der Waals surface area contributed by atoms with Gasteiger partial charge in [0.15, 0.2) is 16.6 Å². The SMILES string of the molecule is CC1(C)CC(=O)c2cnc(SCc3cccc4ncnn34)nc2C1. The molecule has 7 heteroatoms. The van der Waals surface area contributed by atoms with Crippen LogP contribution in [0.5, 0.6) is 0 Å². The molecule has 0 saturated heterocycles. The third-order valence-corrected chi connectivity index (χ3v) is 5.06. The van der Waals surface area contributed by atoms with Crippen LogP contribution in [-0.2, 0) is 12.2 Å². The lowest BCUT2D eigenvalue weighted by Crippen LogP contribution is -2.28. The lowest BCUT2D eigenvalue weighted by Gasteiger charge is -2.29. The number of hydrogen-bond acceptors (Lipinski definition) is 6. The number of Topliss-reactive ketones (excluding diaryl/α,β-unsaturated/α-hetero) is 1. The molecule has 0 N–H and O–H groups in total. The summed E-state index contributed by atoms with van der Waals surface area (Å²) < 4.78 is 1.82. The summed E-state index contributed by atoms with van der Waals surface area (Å²) >= 11 is 1.54. The fourth-order valence-electron chi connectivity index (χ4n) is 3.03. The van der Waals surface area contributed by atoms with E-state index in [2.05, 4.69) is 33.9 Å². The molecule has 122 valence electrons. The van der Waals surface area contributed by atoms with Crippen LogP contribution in [0.1, 0.15) is 42.0 Å². The van der Waals surface area contributed by atoms with E-state index in [0.29, 0.717) is 22.9 Å². The molecule has 3 aromatic rings. The first-order chi connectivity index (χ1) is 11.5. The van der Waals surface area contributed by atoms with Gasteiger partial charge in [-0.05, 0) is 24.0 Å². The fraction of sp³-hybridized carbons (Fsp3) is 0.353. The predicted molar refractivity (Wildman–Crippen MR) is 91.0 cm³/mol. The molecule has 0 aromatic carbocycles. The minimum atomic E-state index is -0.0350. The number of hydrogen-bond donors (Lipinski definition) is 0. The molecule has 0 unspecified atom stereocenters. The third-order valence-electron chi connectivity index (χ3n) is 4.16. The molecule has 1 aliphatic rings. The van der Waals surface area contributed by atoms with Gasteiger partial charge in [-0.2, -0.15) is 5.10 Å². The monoisotopic (exact) mass is 339 g/mol. The number of pyridine rings is 1. The Morgan fingerprint density at radius 2 is 2.12 bits per heavy atom. The number of ketones is 1. The molecule has 0 saturated carbocycles. The van der Waals surface area contributed by atoms with Gasteiger partial charge in [0.2, 0.25) is 0 Å². The summed E-state index contributed by atoms with van der Waals surface area (Å²) in [5, 5.41) is 4.93. The number of thioether (sulfide) groups is 1. The Bertz CT molecular complexity index is 934. The number of rotatable bonds is 3. The van der Waals surface area contributed by atoms with Crippen molar-refractivity contribution in [3.05, 3.63) is 47.7 Å². The molecule has 0 fully saturated rings. The van der Waals surface area contributed by atoms with Crippen LogP contribution in [0.25, 0.3) is 5.65 Å². The molecule has 0 atom stereocenters. The molecule has 1 aliphatic carbocycles. The van der Waals surface area contributed by atoms with Gasteiger partial charge in [-0.25, -0.2) is 19.5 Å². The van der Waals surface area contributed by atoms with Crippen LogP contribution in [0, 0.1) is 5.41 Å². The normalized spacial score (nSPS) is 16.3. The van der Waals surface area contributed by atoms with Crippen LogP contribution in [0.3, 0.4) is 0 Å². The summed E-state index contributed by atoms with van der Waals surface area (Å²) in [4.78, 5) is 25.4. The number of fused-ring (bicyclic) bond motifs is 2. The number of nitrogens with zero attached hydrogens (tertiary/aromatic N) is 5.